The van der Waals surface area contributed by atoms with Crippen molar-refractivity contribution in [2.45, 2.75) is 6.92 Å². The van der Waals surface area contributed by atoms with E-state index in [9.17, 15) is 9.18 Å². The van der Waals surface area contributed by atoms with E-state index in [2.05, 4.69) is 0 Å². The van der Waals surface area contributed by atoms with Crippen molar-refractivity contribution < 1.29 is 13.9 Å². The summed E-state index contributed by atoms with van der Waals surface area (Å²) in [6, 6.07) is 4.57. The number of rotatable bonds is 6. The van der Waals surface area contributed by atoms with E-state index in [0.717, 1.165) is 5.56 Å². The predicted octanol–water partition coefficient (Wildman–Crippen LogP) is 1.18. The second-order valence-electron chi connectivity index (χ2n) is 4.06. The minimum atomic E-state index is -0.501. The number of benzene rings is 1. The molecule has 18 heavy (non-hydrogen) atoms. The van der Waals surface area contributed by atoms with Gasteiger partial charge in [-0.15, -0.1) is 0 Å². The van der Waals surface area contributed by atoms with Crippen LogP contribution in [0, 0.1) is 12.7 Å². The summed E-state index contributed by atoms with van der Waals surface area (Å²) in [5.41, 5.74) is 6.31. The Morgan fingerprint density at radius 2 is 2.17 bits per heavy atom. The van der Waals surface area contributed by atoms with E-state index in [1.807, 2.05) is 0 Å². The first-order valence-electron chi connectivity index (χ1n) is 5.84. The molecule has 100 valence electrons. The molecule has 0 spiro atoms. The monoisotopic (exact) mass is 254 g/mol. The van der Waals surface area contributed by atoms with Gasteiger partial charge in [0.25, 0.3) is 5.91 Å². The van der Waals surface area contributed by atoms with Gasteiger partial charge in [0.15, 0.2) is 0 Å². The molecule has 0 aliphatic carbocycles. The molecule has 1 aromatic rings. The largest absolute Gasteiger partial charge is 0.383 e. The van der Waals surface area contributed by atoms with Crippen LogP contribution in [0.25, 0.3) is 0 Å². The molecule has 1 amide bonds. The Hall–Kier alpha value is -1.46. The predicted molar refractivity (Wildman–Crippen MR) is 68.0 cm³/mol. The van der Waals surface area contributed by atoms with Crippen molar-refractivity contribution >= 4 is 5.91 Å². The average molecular weight is 254 g/mol. The van der Waals surface area contributed by atoms with Crippen molar-refractivity contribution in [3.05, 3.63) is 35.1 Å². The van der Waals surface area contributed by atoms with Gasteiger partial charge >= 0.3 is 0 Å². The number of carbonyl (C=O) groups is 1. The SMILES string of the molecule is COCCN(CCN)C(=O)c1ccc(C)cc1F. The number of carbonyl (C=O) groups excluding carboxylic acids is 1. The topological polar surface area (TPSA) is 55.6 Å². The summed E-state index contributed by atoms with van der Waals surface area (Å²) in [4.78, 5) is 13.6. The summed E-state index contributed by atoms with van der Waals surface area (Å²) in [5.74, 6) is -0.852. The van der Waals surface area contributed by atoms with E-state index in [-0.39, 0.29) is 11.5 Å². The molecule has 0 atom stereocenters. The summed E-state index contributed by atoms with van der Waals surface area (Å²) in [6.07, 6.45) is 0. The van der Waals surface area contributed by atoms with Crippen molar-refractivity contribution in [1.82, 2.24) is 4.90 Å². The molecule has 1 rings (SSSR count). The molecule has 0 aromatic heterocycles. The highest BCUT2D eigenvalue weighted by Gasteiger charge is 2.18. The Morgan fingerprint density at radius 1 is 1.44 bits per heavy atom. The third kappa shape index (κ3) is 3.78. The van der Waals surface area contributed by atoms with Crippen LogP contribution in [0.1, 0.15) is 15.9 Å². The lowest BCUT2D eigenvalue weighted by atomic mass is 10.1. The molecule has 0 aliphatic rings. The fourth-order valence-corrected chi connectivity index (χ4v) is 1.64. The van der Waals surface area contributed by atoms with Gasteiger partial charge in [-0.25, -0.2) is 4.39 Å². The number of ether oxygens (including phenoxy) is 1. The van der Waals surface area contributed by atoms with E-state index in [1.165, 1.54) is 17.0 Å². The normalized spacial score (nSPS) is 10.4. The average Bonchev–Trinajstić information content (AvgIpc) is 2.33. The van der Waals surface area contributed by atoms with Crippen molar-refractivity contribution in [3.8, 4) is 0 Å². The standard InChI is InChI=1S/C13H19FN2O2/c1-10-3-4-11(12(14)9-10)13(17)16(6-5-15)7-8-18-2/h3-4,9H,5-8,15H2,1-2H3. The third-order valence-corrected chi connectivity index (χ3v) is 2.61. The van der Waals surface area contributed by atoms with Crippen LogP contribution < -0.4 is 5.73 Å². The van der Waals surface area contributed by atoms with Crippen LogP contribution >= 0.6 is 0 Å². The van der Waals surface area contributed by atoms with Gasteiger partial charge in [0.05, 0.1) is 12.2 Å². The van der Waals surface area contributed by atoms with Crippen molar-refractivity contribution in [2.75, 3.05) is 33.4 Å². The van der Waals surface area contributed by atoms with Gasteiger partial charge in [0.2, 0.25) is 0 Å². The van der Waals surface area contributed by atoms with Crippen molar-refractivity contribution in [3.63, 3.8) is 0 Å². The Labute approximate surface area is 107 Å². The molecule has 0 radical (unpaired) electrons. The van der Waals surface area contributed by atoms with Crippen LogP contribution in [-0.4, -0.2) is 44.2 Å². The van der Waals surface area contributed by atoms with E-state index < -0.39 is 5.82 Å². The fraction of sp³-hybridized carbons (Fsp3) is 0.462. The minimum Gasteiger partial charge on any atom is -0.383 e. The number of hydrogen-bond donors (Lipinski definition) is 1. The van der Waals surface area contributed by atoms with E-state index >= 15 is 0 Å². The molecular weight excluding hydrogens is 235 g/mol. The number of halogens is 1. The lowest BCUT2D eigenvalue weighted by molar-refractivity contribution is 0.0697. The zero-order chi connectivity index (χ0) is 13.5. The first-order chi connectivity index (χ1) is 8.60. The summed E-state index contributed by atoms with van der Waals surface area (Å²) < 4.78 is 18.6. The summed E-state index contributed by atoms with van der Waals surface area (Å²) >= 11 is 0. The maximum atomic E-state index is 13.7. The first-order valence-corrected chi connectivity index (χ1v) is 5.84. The smallest absolute Gasteiger partial charge is 0.256 e. The lowest BCUT2D eigenvalue weighted by Crippen LogP contribution is -2.38. The maximum Gasteiger partial charge on any atom is 0.256 e. The Balaban J connectivity index is 2.87. The highest BCUT2D eigenvalue weighted by molar-refractivity contribution is 5.94. The van der Waals surface area contributed by atoms with Crippen LogP contribution in [0.3, 0.4) is 0 Å². The molecule has 0 bridgehead atoms. The Morgan fingerprint density at radius 3 is 2.72 bits per heavy atom. The first kappa shape index (κ1) is 14.6. The van der Waals surface area contributed by atoms with Crippen LogP contribution in [0.15, 0.2) is 18.2 Å². The second kappa shape index (κ2) is 7.08. The molecule has 2 N–H and O–H groups in total. The van der Waals surface area contributed by atoms with E-state index in [1.54, 1.807) is 20.1 Å². The van der Waals surface area contributed by atoms with Crippen LogP contribution in [0.4, 0.5) is 4.39 Å². The van der Waals surface area contributed by atoms with E-state index in [4.69, 9.17) is 10.5 Å². The molecule has 0 saturated heterocycles. The number of methoxy groups -OCH3 is 1. The number of nitrogens with two attached hydrogens (primary N) is 1. The fourth-order valence-electron chi connectivity index (χ4n) is 1.64. The molecule has 0 aliphatic heterocycles. The summed E-state index contributed by atoms with van der Waals surface area (Å²) in [6.45, 7) is 3.30. The molecule has 0 fully saturated rings. The highest BCUT2D eigenvalue weighted by Crippen LogP contribution is 2.12. The molecule has 0 heterocycles. The molecule has 0 unspecified atom stereocenters. The summed E-state index contributed by atoms with van der Waals surface area (Å²) in [7, 11) is 1.55. The molecule has 1 aromatic carbocycles. The number of hydrogen-bond acceptors (Lipinski definition) is 3. The maximum absolute atomic E-state index is 13.7. The van der Waals surface area contributed by atoms with Crippen molar-refractivity contribution in [1.29, 1.82) is 0 Å². The molecular formula is C13H19FN2O2. The zero-order valence-corrected chi connectivity index (χ0v) is 10.8. The van der Waals surface area contributed by atoms with Gasteiger partial charge in [-0.05, 0) is 24.6 Å². The van der Waals surface area contributed by atoms with Gasteiger partial charge in [-0.1, -0.05) is 6.07 Å². The number of amides is 1. The number of nitrogens with zero attached hydrogens (tertiary/aromatic N) is 1. The highest BCUT2D eigenvalue weighted by atomic mass is 19.1. The van der Waals surface area contributed by atoms with Crippen LogP contribution in [0.2, 0.25) is 0 Å². The Kier molecular flexibility index (Phi) is 5.74. The third-order valence-electron chi connectivity index (χ3n) is 2.61. The van der Waals surface area contributed by atoms with Crippen LogP contribution in [0.5, 0.6) is 0 Å². The Bertz CT molecular complexity index is 410. The molecule has 0 saturated carbocycles. The van der Waals surface area contributed by atoms with Gasteiger partial charge in [0.1, 0.15) is 5.82 Å². The molecule has 4 nitrogen and oxygen atoms in total. The second-order valence-corrected chi connectivity index (χ2v) is 4.06. The van der Waals surface area contributed by atoms with Gasteiger partial charge in [-0.3, -0.25) is 4.79 Å². The van der Waals surface area contributed by atoms with Gasteiger partial charge in [-0.2, -0.15) is 0 Å². The van der Waals surface area contributed by atoms with Gasteiger partial charge in [0, 0.05) is 26.7 Å². The summed E-state index contributed by atoms with van der Waals surface area (Å²) in [5, 5.41) is 0. The number of aryl methyl sites for hydroxylation is 1. The minimum absolute atomic E-state index is 0.0742. The zero-order valence-electron chi connectivity index (χ0n) is 10.8. The van der Waals surface area contributed by atoms with Crippen molar-refractivity contribution in [2.24, 2.45) is 5.73 Å². The molecule has 5 heteroatoms. The van der Waals surface area contributed by atoms with Gasteiger partial charge < -0.3 is 15.4 Å². The quantitative estimate of drug-likeness (QED) is 0.829. The lowest BCUT2D eigenvalue weighted by Gasteiger charge is -2.22. The van der Waals surface area contributed by atoms with E-state index in [0.29, 0.717) is 26.2 Å². The van der Waals surface area contributed by atoms with Crippen LogP contribution in [-0.2, 0) is 4.74 Å².